The van der Waals surface area contributed by atoms with Gasteiger partial charge in [-0.3, -0.25) is 4.79 Å². The lowest BCUT2D eigenvalue weighted by molar-refractivity contribution is 0.0522. The van der Waals surface area contributed by atoms with Crippen LogP contribution in [0.5, 0.6) is 5.75 Å². The molecule has 1 aromatic carbocycles. The smallest absolute Gasteiger partial charge is 0.338 e. The van der Waals surface area contributed by atoms with E-state index in [9.17, 15) is 9.59 Å². The van der Waals surface area contributed by atoms with Crippen LogP contribution in [0.2, 0.25) is 0 Å². The van der Waals surface area contributed by atoms with Crippen molar-refractivity contribution in [3.05, 3.63) is 29.3 Å². The van der Waals surface area contributed by atoms with Crippen molar-refractivity contribution in [2.45, 2.75) is 27.2 Å². The van der Waals surface area contributed by atoms with Crippen molar-refractivity contribution in [3.8, 4) is 5.75 Å². The molecule has 4 nitrogen and oxygen atoms in total. The second kappa shape index (κ2) is 6.79. The van der Waals surface area contributed by atoms with Crippen LogP contribution in [0.1, 0.15) is 47.9 Å². The molecule has 0 saturated carbocycles. The Bertz CT molecular complexity index is 437. The summed E-state index contributed by atoms with van der Waals surface area (Å²) in [6, 6.07) is 4.96. The highest BCUT2D eigenvalue weighted by Gasteiger charge is 2.21. The number of ether oxygens (including phenoxy) is 2. The van der Waals surface area contributed by atoms with Gasteiger partial charge in [-0.25, -0.2) is 4.79 Å². The highest BCUT2D eigenvalue weighted by atomic mass is 16.5. The Balaban J connectivity index is 3.27. The fraction of sp³-hybridized carbons (Fsp3) is 0.429. The van der Waals surface area contributed by atoms with Crippen molar-refractivity contribution in [1.29, 1.82) is 0 Å². The number of benzene rings is 1. The van der Waals surface area contributed by atoms with E-state index in [2.05, 4.69) is 0 Å². The Hall–Kier alpha value is -1.84. The molecule has 0 unspecified atom stereocenters. The van der Waals surface area contributed by atoms with E-state index in [1.807, 2.05) is 6.92 Å². The number of Topliss-reactive ketones (excluding diaryl/α,β-unsaturated/α-hetero) is 1. The Labute approximate surface area is 107 Å². The monoisotopic (exact) mass is 250 g/mol. The number of carbonyl (C=O) groups is 2. The number of rotatable bonds is 6. The third kappa shape index (κ3) is 3.09. The van der Waals surface area contributed by atoms with Gasteiger partial charge in [0.1, 0.15) is 5.75 Å². The molecule has 1 rings (SSSR count). The maximum atomic E-state index is 12.0. The van der Waals surface area contributed by atoms with Crippen molar-refractivity contribution in [3.63, 3.8) is 0 Å². The van der Waals surface area contributed by atoms with Gasteiger partial charge in [0.15, 0.2) is 5.78 Å². The van der Waals surface area contributed by atoms with Gasteiger partial charge in [-0.15, -0.1) is 0 Å². The Morgan fingerprint density at radius 1 is 1.11 bits per heavy atom. The molecule has 0 atom stereocenters. The van der Waals surface area contributed by atoms with Gasteiger partial charge < -0.3 is 9.47 Å². The third-order valence-electron chi connectivity index (χ3n) is 2.42. The summed E-state index contributed by atoms with van der Waals surface area (Å²) < 4.78 is 10.3. The molecule has 0 fully saturated rings. The zero-order valence-corrected chi connectivity index (χ0v) is 11.0. The van der Waals surface area contributed by atoms with Crippen LogP contribution in [-0.4, -0.2) is 25.0 Å². The minimum Gasteiger partial charge on any atom is -0.493 e. The van der Waals surface area contributed by atoms with Crippen molar-refractivity contribution < 1.29 is 19.1 Å². The summed E-state index contributed by atoms with van der Waals surface area (Å²) in [5.41, 5.74) is 0.593. The van der Waals surface area contributed by atoms with E-state index in [1.165, 1.54) is 0 Å². The van der Waals surface area contributed by atoms with Crippen LogP contribution in [0.3, 0.4) is 0 Å². The van der Waals surface area contributed by atoms with Gasteiger partial charge in [-0.2, -0.15) is 0 Å². The molecular formula is C14H18O4. The van der Waals surface area contributed by atoms with Crippen molar-refractivity contribution >= 4 is 11.8 Å². The topological polar surface area (TPSA) is 52.6 Å². The van der Waals surface area contributed by atoms with E-state index < -0.39 is 5.97 Å². The largest absolute Gasteiger partial charge is 0.493 e. The first-order valence-corrected chi connectivity index (χ1v) is 6.11. The first kappa shape index (κ1) is 14.2. The van der Waals surface area contributed by atoms with E-state index in [1.54, 1.807) is 32.0 Å². The van der Waals surface area contributed by atoms with E-state index in [4.69, 9.17) is 9.47 Å². The zero-order valence-electron chi connectivity index (χ0n) is 11.0. The van der Waals surface area contributed by atoms with Crippen LogP contribution in [0, 0.1) is 0 Å². The Morgan fingerprint density at radius 3 is 2.39 bits per heavy atom. The molecule has 4 heteroatoms. The lowest BCUT2D eigenvalue weighted by Crippen LogP contribution is -2.13. The number of ketones is 1. The van der Waals surface area contributed by atoms with Gasteiger partial charge in [-0.1, -0.05) is 13.0 Å². The maximum absolute atomic E-state index is 12.0. The second-order valence-electron chi connectivity index (χ2n) is 3.61. The molecule has 0 aliphatic carbocycles. The molecule has 0 saturated heterocycles. The summed E-state index contributed by atoms with van der Waals surface area (Å²) in [7, 11) is 0. The predicted molar refractivity (Wildman–Crippen MR) is 68.2 cm³/mol. The fourth-order valence-corrected chi connectivity index (χ4v) is 1.65. The summed E-state index contributed by atoms with van der Waals surface area (Å²) in [6.45, 7) is 6.02. The van der Waals surface area contributed by atoms with Crippen LogP contribution in [0.4, 0.5) is 0 Å². The molecule has 18 heavy (non-hydrogen) atoms. The molecule has 0 aliphatic rings. The lowest BCUT2D eigenvalue weighted by atomic mass is 10.0. The van der Waals surface area contributed by atoms with Gasteiger partial charge in [0, 0.05) is 6.42 Å². The summed E-state index contributed by atoms with van der Waals surface area (Å²) in [5, 5.41) is 0. The average molecular weight is 250 g/mol. The van der Waals surface area contributed by atoms with E-state index >= 15 is 0 Å². The van der Waals surface area contributed by atoms with Crippen LogP contribution in [-0.2, 0) is 4.74 Å². The summed E-state index contributed by atoms with van der Waals surface area (Å²) in [5.74, 6) is -0.173. The van der Waals surface area contributed by atoms with Crippen LogP contribution in [0.25, 0.3) is 0 Å². The van der Waals surface area contributed by atoms with Crippen molar-refractivity contribution in [2.75, 3.05) is 13.2 Å². The van der Waals surface area contributed by atoms with Gasteiger partial charge in [0.2, 0.25) is 0 Å². The number of carbonyl (C=O) groups excluding carboxylic acids is 2. The highest BCUT2D eigenvalue weighted by molar-refractivity contribution is 6.08. The standard InChI is InChI=1S/C14H18O4/c1-4-11(15)13-10(14(16)18-6-3)8-7-9-12(13)17-5-2/h7-9H,4-6H2,1-3H3. The second-order valence-corrected chi connectivity index (χ2v) is 3.61. The van der Waals surface area contributed by atoms with E-state index in [-0.39, 0.29) is 18.0 Å². The molecular weight excluding hydrogens is 232 g/mol. The molecule has 0 amide bonds. The quantitative estimate of drug-likeness (QED) is 0.575. The zero-order chi connectivity index (χ0) is 13.5. The highest BCUT2D eigenvalue weighted by Crippen LogP contribution is 2.25. The molecule has 0 aromatic heterocycles. The van der Waals surface area contributed by atoms with E-state index in [0.29, 0.717) is 24.3 Å². The molecule has 1 aromatic rings. The molecule has 0 heterocycles. The summed E-state index contributed by atoms with van der Waals surface area (Å²) in [4.78, 5) is 23.8. The van der Waals surface area contributed by atoms with Gasteiger partial charge in [-0.05, 0) is 26.0 Å². The minimum atomic E-state index is -0.490. The maximum Gasteiger partial charge on any atom is 0.338 e. The van der Waals surface area contributed by atoms with E-state index in [0.717, 1.165) is 0 Å². The van der Waals surface area contributed by atoms with Gasteiger partial charge in [0.05, 0.1) is 24.3 Å². The molecule has 0 spiro atoms. The number of esters is 1. The van der Waals surface area contributed by atoms with Gasteiger partial charge in [0.25, 0.3) is 0 Å². The van der Waals surface area contributed by atoms with Crippen LogP contribution < -0.4 is 4.74 Å². The molecule has 0 N–H and O–H groups in total. The van der Waals surface area contributed by atoms with Crippen molar-refractivity contribution in [1.82, 2.24) is 0 Å². The predicted octanol–water partition coefficient (Wildman–Crippen LogP) is 2.85. The normalized spacial score (nSPS) is 9.94. The SMILES string of the molecule is CCOC(=O)c1cccc(OCC)c1C(=O)CC. The first-order chi connectivity index (χ1) is 8.65. The Kier molecular flexibility index (Phi) is 5.36. The number of hydrogen-bond acceptors (Lipinski definition) is 4. The molecule has 0 aliphatic heterocycles. The summed E-state index contributed by atoms with van der Waals surface area (Å²) in [6.07, 6.45) is 0.316. The third-order valence-corrected chi connectivity index (χ3v) is 2.42. The first-order valence-electron chi connectivity index (χ1n) is 6.11. The lowest BCUT2D eigenvalue weighted by Gasteiger charge is -2.12. The summed E-state index contributed by atoms with van der Waals surface area (Å²) >= 11 is 0. The molecule has 0 radical (unpaired) electrons. The molecule has 98 valence electrons. The number of hydrogen-bond donors (Lipinski definition) is 0. The van der Waals surface area contributed by atoms with Gasteiger partial charge >= 0.3 is 5.97 Å². The average Bonchev–Trinajstić information content (AvgIpc) is 2.38. The Morgan fingerprint density at radius 2 is 1.83 bits per heavy atom. The van der Waals surface area contributed by atoms with Crippen molar-refractivity contribution in [2.24, 2.45) is 0 Å². The van der Waals surface area contributed by atoms with Crippen LogP contribution >= 0.6 is 0 Å². The van der Waals surface area contributed by atoms with Crippen LogP contribution in [0.15, 0.2) is 18.2 Å². The fourth-order valence-electron chi connectivity index (χ4n) is 1.65. The molecule has 0 bridgehead atoms. The minimum absolute atomic E-state index is 0.123.